The summed E-state index contributed by atoms with van der Waals surface area (Å²) < 4.78 is 11.7. The van der Waals surface area contributed by atoms with Gasteiger partial charge in [0, 0.05) is 19.6 Å². The van der Waals surface area contributed by atoms with Crippen LogP contribution in [-0.2, 0) is 27.1 Å². The van der Waals surface area contributed by atoms with Gasteiger partial charge in [-0.2, -0.15) is 0 Å². The lowest BCUT2D eigenvalue weighted by atomic mass is 9.97. The van der Waals surface area contributed by atoms with Gasteiger partial charge in [-0.3, -0.25) is 4.90 Å². The highest BCUT2D eigenvalue weighted by Crippen LogP contribution is 2.34. The molecule has 1 aliphatic heterocycles. The summed E-state index contributed by atoms with van der Waals surface area (Å²) >= 11 is 0. The maximum atomic E-state index is 11.2. The molecule has 0 spiro atoms. The van der Waals surface area contributed by atoms with E-state index in [2.05, 4.69) is 53.4 Å². The van der Waals surface area contributed by atoms with Gasteiger partial charge in [-0.15, -0.1) is 0 Å². The summed E-state index contributed by atoms with van der Waals surface area (Å²) in [5.74, 6) is -0.896. The molecule has 2 aromatic rings. The number of carbonyl (C=O) groups is 1. The lowest BCUT2D eigenvalue weighted by Gasteiger charge is -2.31. The van der Waals surface area contributed by atoms with E-state index in [9.17, 15) is 4.79 Å². The Morgan fingerprint density at radius 2 is 1.70 bits per heavy atom. The summed E-state index contributed by atoms with van der Waals surface area (Å²) in [4.78, 5) is 13.3. The zero-order chi connectivity index (χ0) is 18.6. The van der Waals surface area contributed by atoms with Crippen molar-refractivity contribution in [3.05, 3.63) is 70.8 Å². The highest BCUT2D eigenvalue weighted by molar-refractivity contribution is 5.72. The summed E-state index contributed by atoms with van der Waals surface area (Å²) in [6.07, 6.45) is 1.24. The average Bonchev–Trinajstić information content (AvgIpc) is 2.86. The summed E-state index contributed by atoms with van der Waals surface area (Å²) in [7, 11) is 0. The number of rotatable bonds is 5. The molecule has 1 unspecified atom stereocenters. The van der Waals surface area contributed by atoms with Gasteiger partial charge in [0.25, 0.3) is 0 Å². The minimum absolute atomic E-state index is 0.0730. The fourth-order valence-electron chi connectivity index (χ4n) is 4.01. The van der Waals surface area contributed by atoms with Crippen molar-refractivity contribution in [2.75, 3.05) is 32.8 Å². The van der Waals surface area contributed by atoms with Crippen molar-refractivity contribution >= 4 is 5.97 Å². The second kappa shape index (κ2) is 8.21. The van der Waals surface area contributed by atoms with Crippen molar-refractivity contribution in [1.82, 2.24) is 4.90 Å². The number of aryl methyl sites for hydroxylation is 2. The highest BCUT2D eigenvalue weighted by Gasteiger charge is 2.27. The van der Waals surface area contributed by atoms with Crippen LogP contribution in [0.1, 0.15) is 28.4 Å². The molecule has 5 nitrogen and oxygen atoms in total. The number of benzene rings is 2. The molecule has 1 atom stereocenters. The normalized spacial score (nSPS) is 20.5. The molecule has 1 N–H and O–H groups in total. The number of hydrogen-bond acceptors (Lipinski definition) is 4. The molecular weight excluding hydrogens is 342 g/mol. The van der Waals surface area contributed by atoms with Gasteiger partial charge in [0.05, 0.1) is 13.2 Å². The van der Waals surface area contributed by atoms with Crippen LogP contribution in [-0.4, -0.2) is 54.9 Å². The first-order valence-corrected chi connectivity index (χ1v) is 9.56. The van der Waals surface area contributed by atoms with Crippen LogP contribution >= 0.6 is 0 Å². The topological polar surface area (TPSA) is 59.0 Å². The number of nitrogens with zero attached hydrogens (tertiary/aromatic N) is 1. The van der Waals surface area contributed by atoms with E-state index in [1.165, 1.54) is 22.3 Å². The second-order valence-corrected chi connectivity index (χ2v) is 7.15. The van der Waals surface area contributed by atoms with Crippen molar-refractivity contribution in [3.63, 3.8) is 0 Å². The molecule has 4 rings (SSSR count). The molecule has 5 heteroatoms. The fourth-order valence-corrected chi connectivity index (χ4v) is 4.01. The summed E-state index contributed by atoms with van der Waals surface area (Å²) in [5.41, 5.74) is 5.17. The molecule has 0 aromatic heterocycles. The summed E-state index contributed by atoms with van der Waals surface area (Å²) in [6.45, 7) is 2.86. The molecule has 0 amide bonds. The van der Waals surface area contributed by atoms with E-state index in [0.29, 0.717) is 26.3 Å². The van der Waals surface area contributed by atoms with Gasteiger partial charge in [-0.1, -0.05) is 48.5 Å². The Labute approximate surface area is 159 Å². The number of ether oxygens (including phenoxy) is 2. The Balaban J connectivity index is 1.47. The molecule has 142 valence electrons. The highest BCUT2D eigenvalue weighted by atomic mass is 16.5. The molecule has 2 aliphatic rings. The van der Waals surface area contributed by atoms with E-state index in [1.54, 1.807) is 0 Å². The van der Waals surface area contributed by atoms with Gasteiger partial charge in [-0.05, 0) is 35.1 Å². The van der Waals surface area contributed by atoms with E-state index in [1.807, 2.05) is 0 Å². The molecule has 0 bridgehead atoms. The summed E-state index contributed by atoms with van der Waals surface area (Å²) in [6, 6.07) is 17.0. The van der Waals surface area contributed by atoms with Crippen LogP contribution in [0, 0.1) is 0 Å². The first-order valence-electron chi connectivity index (χ1n) is 9.56. The Kier molecular flexibility index (Phi) is 5.53. The minimum atomic E-state index is -0.896. The molecule has 0 saturated carbocycles. The summed E-state index contributed by atoms with van der Waals surface area (Å²) in [5, 5.41) is 9.15. The zero-order valence-electron chi connectivity index (χ0n) is 15.3. The van der Waals surface area contributed by atoms with E-state index >= 15 is 0 Å². The number of aliphatic carboxylic acids is 1. The van der Waals surface area contributed by atoms with Crippen molar-refractivity contribution in [1.29, 1.82) is 0 Å². The number of carboxylic acids is 1. The van der Waals surface area contributed by atoms with Crippen molar-refractivity contribution < 1.29 is 19.4 Å². The minimum Gasteiger partial charge on any atom is -0.479 e. The molecule has 1 heterocycles. The second-order valence-electron chi connectivity index (χ2n) is 7.15. The molecule has 0 radical (unpaired) electrons. The van der Waals surface area contributed by atoms with Gasteiger partial charge < -0.3 is 14.6 Å². The van der Waals surface area contributed by atoms with Crippen LogP contribution in [0.5, 0.6) is 0 Å². The van der Waals surface area contributed by atoms with Gasteiger partial charge in [0.2, 0.25) is 0 Å². The van der Waals surface area contributed by atoms with E-state index < -0.39 is 12.1 Å². The van der Waals surface area contributed by atoms with E-state index in [-0.39, 0.29) is 6.10 Å². The number of hydrogen-bond donors (Lipinski definition) is 1. The predicted molar refractivity (Wildman–Crippen MR) is 102 cm³/mol. The lowest BCUT2D eigenvalue weighted by molar-refractivity contribution is -0.156. The Morgan fingerprint density at radius 1 is 1.07 bits per heavy atom. The van der Waals surface area contributed by atoms with Crippen LogP contribution in [0.3, 0.4) is 0 Å². The first-order chi connectivity index (χ1) is 13.2. The Bertz CT molecular complexity index is 759. The van der Waals surface area contributed by atoms with Crippen molar-refractivity contribution in [3.8, 4) is 0 Å². The van der Waals surface area contributed by atoms with E-state index in [4.69, 9.17) is 14.6 Å². The molecule has 27 heavy (non-hydrogen) atoms. The quantitative estimate of drug-likeness (QED) is 0.881. The Morgan fingerprint density at radius 3 is 2.33 bits per heavy atom. The standard InChI is InChI=1S/C22H25NO4/c24-22(25)20-15-23(11-13-26-20)12-14-27-21-18-7-3-1-5-16(18)9-10-17-6-2-4-8-19(17)21/h1-8,20-21H,9-15H2,(H,24,25). The largest absolute Gasteiger partial charge is 0.479 e. The fraction of sp³-hybridized carbons (Fsp3) is 0.409. The molecule has 2 aromatic carbocycles. The van der Waals surface area contributed by atoms with Gasteiger partial charge >= 0.3 is 5.97 Å². The first kappa shape index (κ1) is 18.2. The maximum absolute atomic E-state index is 11.2. The third kappa shape index (κ3) is 4.05. The predicted octanol–water partition coefficient (Wildman–Crippen LogP) is 2.68. The average molecular weight is 367 g/mol. The van der Waals surface area contributed by atoms with E-state index in [0.717, 1.165) is 19.4 Å². The SMILES string of the molecule is O=C(O)C1CN(CCOC2c3ccccc3CCc3ccccc32)CCO1. The molecule has 1 aliphatic carbocycles. The maximum Gasteiger partial charge on any atom is 0.334 e. The van der Waals surface area contributed by atoms with Gasteiger partial charge in [0.15, 0.2) is 6.10 Å². The van der Waals surface area contributed by atoms with Crippen molar-refractivity contribution in [2.45, 2.75) is 25.0 Å². The molecular formula is C22H25NO4. The lowest BCUT2D eigenvalue weighted by Crippen LogP contribution is -2.47. The smallest absolute Gasteiger partial charge is 0.334 e. The van der Waals surface area contributed by atoms with Crippen LogP contribution in [0.15, 0.2) is 48.5 Å². The third-order valence-electron chi connectivity index (χ3n) is 5.46. The van der Waals surface area contributed by atoms with Gasteiger partial charge in [0.1, 0.15) is 6.10 Å². The molecule has 1 fully saturated rings. The Hall–Kier alpha value is -2.21. The third-order valence-corrected chi connectivity index (χ3v) is 5.46. The molecule has 1 saturated heterocycles. The number of carboxylic acid groups (broad SMARTS) is 1. The van der Waals surface area contributed by atoms with Crippen LogP contribution in [0.25, 0.3) is 0 Å². The number of morpholine rings is 1. The zero-order valence-corrected chi connectivity index (χ0v) is 15.3. The monoisotopic (exact) mass is 367 g/mol. The van der Waals surface area contributed by atoms with Crippen molar-refractivity contribution in [2.24, 2.45) is 0 Å². The van der Waals surface area contributed by atoms with Crippen LogP contribution in [0.2, 0.25) is 0 Å². The van der Waals surface area contributed by atoms with Crippen LogP contribution in [0.4, 0.5) is 0 Å². The number of fused-ring (bicyclic) bond motifs is 2. The van der Waals surface area contributed by atoms with Crippen LogP contribution < -0.4 is 0 Å². The van der Waals surface area contributed by atoms with Gasteiger partial charge in [-0.25, -0.2) is 4.79 Å².